The van der Waals surface area contributed by atoms with Gasteiger partial charge in [-0.25, -0.2) is 0 Å². The maximum absolute atomic E-state index is 5.64. The van der Waals surface area contributed by atoms with Crippen molar-refractivity contribution < 1.29 is 4.42 Å². The van der Waals surface area contributed by atoms with Crippen LogP contribution in [-0.2, 0) is 6.54 Å². The lowest BCUT2D eigenvalue weighted by Gasteiger charge is -2.33. The monoisotopic (exact) mass is 266 g/mol. The number of hydrogen-bond acceptors (Lipinski definition) is 5. The number of rotatable bonds is 6. The maximum atomic E-state index is 5.64. The van der Waals surface area contributed by atoms with Crippen molar-refractivity contribution in [1.29, 1.82) is 0 Å². The smallest absolute Gasteiger partial charge is 0.315 e. The highest BCUT2D eigenvalue weighted by Gasteiger charge is 2.28. The Bertz CT molecular complexity index is 383. The molecule has 1 aromatic heterocycles. The second kappa shape index (κ2) is 6.37. The lowest BCUT2D eigenvalue weighted by molar-refractivity contribution is 0.338. The van der Waals surface area contributed by atoms with E-state index in [9.17, 15) is 0 Å². The Balaban J connectivity index is 1.83. The van der Waals surface area contributed by atoms with Gasteiger partial charge in [-0.3, -0.25) is 0 Å². The van der Waals surface area contributed by atoms with Crippen LogP contribution in [0.3, 0.4) is 0 Å². The summed E-state index contributed by atoms with van der Waals surface area (Å²) in [5, 5.41) is 14.9. The van der Waals surface area contributed by atoms with Gasteiger partial charge in [0.1, 0.15) is 0 Å². The molecule has 108 valence electrons. The van der Waals surface area contributed by atoms with E-state index >= 15 is 0 Å². The van der Waals surface area contributed by atoms with Crippen molar-refractivity contribution >= 4 is 6.01 Å². The second-order valence-electron chi connectivity index (χ2n) is 6.27. The average Bonchev–Trinajstić information content (AvgIpc) is 2.76. The van der Waals surface area contributed by atoms with Crippen molar-refractivity contribution in [1.82, 2.24) is 15.5 Å². The van der Waals surface area contributed by atoms with Crippen LogP contribution in [0.2, 0.25) is 0 Å². The first-order valence-electron chi connectivity index (χ1n) is 7.39. The zero-order valence-corrected chi connectivity index (χ0v) is 12.3. The molecule has 19 heavy (non-hydrogen) atoms. The fraction of sp³-hybridized carbons (Fsp3) is 0.857. The maximum Gasteiger partial charge on any atom is 0.315 e. The van der Waals surface area contributed by atoms with Crippen molar-refractivity contribution in [3.8, 4) is 0 Å². The quantitative estimate of drug-likeness (QED) is 0.829. The van der Waals surface area contributed by atoms with Crippen LogP contribution in [0.1, 0.15) is 58.8 Å². The molecule has 0 atom stereocenters. The molecule has 5 nitrogen and oxygen atoms in total. The summed E-state index contributed by atoms with van der Waals surface area (Å²) in [6.07, 6.45) is 6.25. The molecule has 1 aliphatic carbocycles. The highest BCUT2D eigenvalue weighted by Crippen LogP contribution is 2.30. The van der Waals surface area contributed by atoms with Gasteiger partial charge in [0.15, 0.2) is 0 Å². The lowest BCUT2D eigenvalue weighted by atomic mass is 9.83. The Morgan fingerprint density at radius 3 is 2.63 bits per heavy atom. The van der Waals surface area contributed by atoms with Gasteiger partial charge in [-0.1, -0.05) is 38.2 Å². The van der Waals surface area contributed by atoms with Crippen molar-refractivity contribution in [2.75, 3.05) is 11.9 Å². The standard InChI is InChI=1S/C14H26N4O/c1-11(2)9-15-10-12-17-18-13(19-12)16-14(3)7-5-4-6-8-14/h11,15H,4-10H2,1-3H3,(H,16,18). The molecule has 2 N–H and O–H groups in total. The van der Waals surface area contributed by atoms with Crippen LogP contribution in [-0.4, -0.2) is 22.3 Å². The van der Waals surface area contributed by atoms with Crippen LogP contribution in [0.15, 0.2) is 4.42 Å². The van der Waals surface area contributed by atoms with E-state index in [-0.39, 0.29) is 5.54 Å². The Kier molecular flexibility index (Phi) is 4.80. The first kappa shape index (κ1) is 14.3. The van der Waals surface area contributed by atoms with E-state index in [4.69, 9.17) is 4.42 Å². The van der Waals surface area contributed by atoms with Gasteiger partial charge < -0.3 is 15.1 Å². The summed E-state index contributed by atoms with van der Waals surface area (Å²) in [4.78, 5) is 0. The molecule has 0 radical (unpaired) electrons. The molecular weight excluding hydrogens is 240 g/mol. The van der Waals surface area contributed by atoms with E-state index in [1.807, 2.05) is 0 Å². The van der Waals surface area contributed by atoms with Gasteiger partial charge in [-0.15, -0.1) is 5.10 Å². The predicted octanol–water partition coefficient (Wildman–Crippen LogP) is 2.95. The zero-order chi connectivity index (χ0) is 13.7. The molecule has 1 aliphatic rings. The Hall–Kier alpha value is -1.10. The molecule has 0 aromatic carbocycles. The fourth-order valence-corrected chi connectivity index (χ4v) is 2.56. The van der Waals surface area contributed by atoms with Crippen LogP contribution in [0, 0.1) is 5.92 Å². The third-order valence-corrected chi connectivity index (χ3v) is 3.66. The number of nitrogens with one attached hydrogen (secondary N) is 2. The first-order chi connectivity index (χ1) is 9.07. The van der Waals surface area contributed by atoms with Gasteiger partial charge in [0.05, 0.1) is 6.54 Å². The molecule has 5 heteroatoms. The van der Waals surface area contributed by atoms with E-state index in [1.165, 1.54) is 32.1 Å². The van der Waals surface area contributed by atoms with Gasteiger partial charge in [-0.05, 0) is 32.2 Å². The van der Waals surface area contributed by atoms with Crippen molar-refractivity contribution in [2.24, 2.45) is 5.92 Å². The number of hydrogen-bond donors (Lipinski definition) is 2. The number of aromatic nitrogens is 2. The normalized spacial score (nSPS) is 18.7. The van der Waals surface area contributed by atoms with E-state index in [2.05, 4.69) is 41.6 Å². The summed E-state index contributed by atoms with van der Waals surface area (Å²) in [5.74, 6) is 1.28. The van der Waals surface area contributed by atoms with Crippen LogP contribution in [0.4, 0.5) is 6.01 Å². The summed E-state index contributed by atoms with van der Waals surface area (Å²) >= 11 is 0. The van der Waals surface area contributed by atoms with E-state index in [1.54, 1.807) is 0 Å². The number of nitrogens with zero attached hydrogens (tertiary/aromatic N) is 2. The molecule has 0 spiro atoms. The van der Waals surface area contributed by atoms with Crippen LogP contribution >= 0.6 is 0 Å². The molecular formula is C14H26N4O. The second-order valence-corrected chi connectivity index (χ2v) is 6.27. The third kappa shape index (κ3) is 4.49. The molecule has 1 fully saturated rings. The predicted molar refractivity (Wildman–Crippen MR) is 76.0 cm³/mol. The van der Waals surface area contributed by atoms with Gasteiger partial charge in [-0.2, -0.15) is 0 Å². The highest BCUT2D eigenvalue weighted by molar-refractivity contribution is 5.23. The average molecular weight is 266 g/mol. The minimum Gasteiger partial charge on any atom is -0.407 e. The zero-order valence-electron chi connectivity index (χ0n) is 12.3. The van der Waals surface area contributed by atoms with Crippen molar-refractivity contribution in [2.45, 2.75) is 65.0 Å². The molecule has 2 rings (SSSR count). The highest BCUT2D eigenvalue weighted by atomic mass is 16.4. The van der Waals surface area contributed by atoms with E-state index < -0.39 is 0 Å². The lowest BCUT2D eigenvalue weighted by Crippen LogP contribution is -2.36. The summed E-state index contributed by atoms with van der Waals surface area (Å²) < 4.78 is 5.64. The summed E-state index contributed by atoms with van der Waals surface area (Å²) in [6, 6.07) is 0.561. The Morgan fingerprint density at radius 2 is 1.95 bits per heavy atom. The molecule has 0 aliphatic heterocycles. The molecule has 0 amide bonds. The molecule has 1 heterocycles. The van der Waals surface area contributed by atoms with Gasteiger partial charge in [0.2, 0.25) is 5.89 Å². The molecule has 1 aromatic rings. The van der Waals surface area contributed by atoms with Gasteiger partial charge >= 0.3 is 6.01 Å². The van der Waals surface area contributed by atoms with Crippen molar-refractivity contribution in [3.63, 3.8) is 0 Å². The van der Waals surface area contributed by atoms with Crippen LogP contribution in [0.5, 0.6) is 0 Å². The third-order valence-electron chi connectivity index (χ3n) is 3.66. The SMILES string of the molecule is CC(C)CNCc1nnc(NC2(C)CCCCC2)o1. The summed E-state index contributed by atoms with van der Waals surface area (Å²) in [5.41, 5.74) is 0.118. The minimum absolute atomic E-state index is 0.118. The van der Waals surface area contributed by atoms with Crippen LogP contribution in [0.25, 0.3) is 0 Å². The minimum atomic E-state index is 0.118. The Morgan fingerprint density at radius 1 is 1.21 bits per heavy atom. The largest absolute Gasteiger partial charge is 0.407 e. The summed E-state index contributed by atoms with van der Waals surface area (Å²) in [7, 11) is 0. The number of anilines is 1. The van der Waals surface area contributed by atoms with Crippen LogP contribution < -0.4 is 10.6 Å². The Labute approximate surface area is 115 Å². The van der Waals surface area contributed by atoms with Gasteiger partial charge in [0.25, 0.3) is 0 Å². The summed E-state index contributed by atoms with van der Waals surface area (Å²) in [6.45, 7) is 8.20. The molecule has 0 saturated heterocycles. The molecule has 0 bridgehead atoms. The van der Waals surface area contributed by atoms with Crippen molar-refractivity contribution in [3.05, 3.63) is 5.89 Å². The van der Waals surface area contributed by atoms with E-state index in [0.717, 1.165) is 6.54 Å². The first-order valence-corrected chi connectivity index (χ1v) is 7.39. The molecule has 1 saturated carbocycles. The topological polar surface area (TPSA) is 63.0 Å². The van der Waals surface area contributed by atoms with Gasteiger partial charge in [0, 0.05) is 5.54 Å². The van der Waals surface area contributed by atoms with E-state index in [0.29, 0.717) is 24.4 Å². The molecule has 0 unspecified atom stereocenters. The fourth-order valence-electron chi connectivity index (χ4n) is 2.56.